The molecular formula is C16H29N2+. The van der Waals surface area contributed by atoms with Gasteiger partial charge in [0.1, 0.15) is 6.20 Å². The molecule has 0 aliphatic carbocycles. The first-order chi connectivity index (χ1) is 8.93. The highest BCUT2D eigenvalue weighted by Gasteiger charge is 1.96. The molecule has 0 radical (unpaired) electrons. The van der Waals surface area contributed by atoms with E-state index in [2.05, 4.69) is 22.7 Å². The largest absolute Gasteiger partial charge is 0.286 e. The molecule has 2 heteroatoms. The first-order valence-corrected chi connectivity index (χ1v) is 7.72. The molecule has 0 fully saturated rings. The molecular weight excluding hydrogens is 220 g/mol. The van der Waals surface area contributed by atoms with E-state index in [1.807, 2.05) is 18.6 Å². The van der Waals surface area contributed by atoms with E-state index < -0.39 is 0 Å². The number of unbranched alkanes of at least 4 members (excludes halogenated alkanes) is 9. The average molecular weight is 249 g/mol. The maximum absolute atomic E-state index is 4.11. The molecule has 2 nitrogen and oxygen atoms in total. The summed E-state index contributed by atoms with van der Waals surface area (Å²) in [7, 11) is 0. The average Bonchev–Trinajstić information content (AvgIpc) is 2.42. The normalized spacial score (nSPS) is 10.7. The molecule has 1 aromatic heterocycles. The minimum atomic E-state index is 1.12. The van der Waals surface area contributed by atoms with Gasteiger partial charge in [-0.15, -0.1) is 0 Å². The van der Waals surface area contributed by atoms with Gasteiger partial charge in [0.2, 0.25) is 0 Å². The van der Waals surface area contributed by atoms with Gasteiger partial charge in [-0.05, 0) is 12.8 Å². The molecule has 0 N–H and O–H groups in total. The lowest BCUT2D eigenvalue weighted by atomic mass is 10.1. The Labute approximate surface area is 112 Å². The van der Waals surface area contributed by atoms with Crippen LogP contribution < -0.4 is 4.57 Å². The Bertz CT molecular complexity index is 272. The Balaban J connectivity index is 1.82. The van der Waals surface area contributed by atoms with Crippen LogP contribution >= 0.6 is 0 Å². The monoisotopic (exact) mass is 249 g/mol. The maximum atomic E-state index is 4.11. The Morgan fingerprint density at radius 3 is 2.00 bits per heavy atom. The fourth-order valence-corrected chi connectivity index (χ4v) is 2.28. The third-order valence-corrected chi connectivity index (χ3v) is 3.43. The summed E-state index contributed by atoms with van der Waals surface area (Å²) in [5, 5.41) is 0. The van der Waals surface area contributed by atoms with E-state index in [4.69, 9.17) is 0 Å². The molecule has 0 saturated heterocycles. The van der Waals surface area contributed by atoms with Crippen LogP contribution in [0.1, 0.15) is 71.1 Å². The topological polar surface area (TPSA) is 16.8 Å². The van der Waals surface area contributed by atoms with Crippen molar-refractivity contribution in [2.45, 2.75) is 77.7 Å². The van der Waals surface area contributed by atoms with Crippen LogP contribution in [-0.2, 0) is 6.54 Å². The van der Waals surface area contributed by atoms with Crippen LogP contribution in [0.2, 0.25) is 0 Å². The molecule has 0 bridgehead atoms. The van der Waals surface area contributed by atoms with Gasteiger partial charge in [-0.1, -0.05) is 63.3 Å². The predicted molar refractivity (Wildman–Crippen MR) is 76.3 cm³/mol. The molecule has 0 spiro atoms. The Kier molecular flexibility index (Phi) is 9.41. The minimum absolute atomic E-state index is 1.12. The summed E-state index contributed by atoms with van der Waals surface area (Å²) in [5.41, 5.74) is 0. The SMILES string of the molecule is CCCCCCCCCCCC[n+]1cccnc1. The number of aryl methyl sites for hydroxylation is 1. The lowest BCUT2D eigenvalue weighted by molar-refractivity contribution is -0.700. The van der Waals surface area contributed by atoms with E-state index in [0.29, 0.717) is 0 Å². The van der Waals surface area contributed by atoms with E-state index in [1.165, 1.54) is 64.2 Å². The van der Waals surface area contributed by atoms with Crippen molar-refractivity contribution < 1.29 is 4.57 Å². The van der Waals surface area contributed by atoms with Crippen LogP contribution in [0.4, 0.5) is 0 Å². The minimum Gasteiger partial charge on any atom is -0.237 e. The quantitative estimate of drug-likeness (QED) is 0.422. The van der Waals surface area contributed by atoms with Crippen LogP contribution in [0.3, 0.4) is 0 Å². The van der Waals surface area contributed by atoms with E-state index in [0.717, 1.165) is 6.54 Å². The third kappa shape index (κ3) is 8.21. The first-order valence-electron chi connectivity index (χ1n) is 7.72. The second-order valence-corrected chi connectivity index (χ2v) is 5.17. The van der Waals surface area contributed by atoms with Crippen molar-refractivity contribution in [3.63, 3.8) is 0 Å². The number of hydrogen-bond donors (Lipinski definition) is 0. The summed E-state index contributed by atoms with van der Waals surface area (Å²) in [6.45, 7) is 3.39. The van der Waals surface area contributed by atoms with Crippen molar-refractivity contribution in [2.24, 2.45) is 0 Å². The van der Waals surface area contributed by atoms with Gasteiger partial charge in [0.15, 0.2) is 0 Å². The molecule has 0 saturated carbocycles. The molecule has 0 unspecified atom stereocenters. The van der Waals surface area contributed by atoms with Gasteiger partial charge in [0.25, 0.3) is 6.33 Å². The van der Waals surface area contributed by atoms with Gasteiger partial charge in [-0.25, -0.2) is 4.57 Å². The second kappa shape index (κ2) is 11.2. The Morgan fingerprint density at radius 1 is 0.833 bits per heavy atom. The smallest absolute Gasteiger partial charge is 0.237 e. The van der Waals surface area contributed by atoms with E-state index in [1.54, 1.807) is 0 Å². The summed E-state index contributed by atoms with van der Waals surface area (Å²) in [6, 6.07) is 2.00. The van der Waals surface area contributed by atoms with Gasteiger partial charge in [-0.2, -0.15) is 0 Å². The highest BCUT2D eigenvalue weighted by molar-refractivity contribution is 4.68. The van der Waals surface area contributed by atoms with E-state index in [-0.39, 0.29) is 0 Å². The summed E-state index contributed by atoms with van der Waals surface area (Å²) in [4.78, 5) is 4.11. The fourth-order valence-electron chi connectivity index (χ4n) is 2.28. The van der Waals surface area contributed by atoms with Gasteiger partial charge < -0.3 is 0 Å². The molecule has 18 heavy (non-hydrogen) atoms. The van der Waals surface area contributed by atoms with Crippen LogP contribution in [0.5, 0.6) is 0 Å². The molecule has 1 aromatic rings. The maximum Gasteiger partial charge on any atom is 0.286 e. The van der Waals surface area contributed by atoms with Crippen LogP contribution in [0.15, 0.2) is 24.8 Å². The zero-order valence-corrected chi connectivity index (χ0v) is 12.0. The second-order valence-electron chi connectivity index (χ2n) is 5.17. The number of hydrogen-bond acceptors (Lipinski definition) is 1. The molecule has 0 atom stereocenters. The molecule has 0 aromatic carbocycles. The number of aromatic nitrogens is 2. The molecule has 0 amide bonds. The predicted octanol–water partition coefficient (Wildman–Crippen LogP) is 4.29. The zero-order chi connectivity index (χ0) is 12.9. The highest BCUT2D eigenvalue weighted by atomic mass is 15.0. The van der Waals surface area contributed by atoms with E-state index >= 15 is 0 Å². The molecule has 102 valence electrons. The summed E-state index contributed by atoms with van der Waals surface area (Å²) < 4.78 is 2.17. The lowest BCUT2D eigenvalue weighted by Crippen LogP contribution is -2.32. The molecule has 0 aliphatic rings. The van der Waals surface area contributed by atoms with Gasteiger partial charge in [-0.3, -0.25) is 0 Å². The van der Waals surface area contributed by atoms with Crippen LogP contribution in [-0.4, -0.2) is 4.98 Å². The highest BCUT2D eigenvalue weighted by Crippen LogP contribution is 2.10. The molecule has 1 rings (SSSR count). The summed E-state index contributed by atoms with van der Waals surface area (Å²) >= 11 is 0. The number of nitrogens with zero attached hydrogens (tertiary/aromatic N) is 2. The van der Waals surface area contributed by atoms with E-state index in [9.17, 15) is 0 Å². The fraction of sp³-hybridized carbons (Fsp3) is 0.750. The standard InChI is InChI=1S/C16H29N2/c1-2-3-4-5-6-7-8-9-10-11-14-18-15-12-13-17-16-18/h12-13,15-16H,2-11,14H2,1H3/q+1. The van der Waals surface area contributed by atoms with Crippen molar-refractivity contribution in [2.75, 3.05) is 0 Å². The molecule has 0 aliphatic heterocycles. The molecule has 1 heterocycles. The van der Waals surface area contributed by atoms with Gasteiger partial charge in [0.05, 0.1) is 12.7 Å². The Hall–Kier alpha value is -0.920. The van der Waals surface area contributed by atoms with Gasteiger partial charge >= 0.3 is 0 Å². The van der Waals surface area contributed by atoms with Crippen LogP contribution in [0.25, 0.3) is 0 Å². The van der Waals surface area contributed by atoms with Crippen molar-refractivity contribution in [3.05, 3.63) is 24.8 Å². The van der Waals surface area contributed by atoms with Crippen molar-refractivity contribution >= 4 is 0 Å². The van der Waals surface area contributed by atoms with Crippen molar-refractivity contribution in [3.8, 4) is 0 Å². The number of rotatable bonds is 11. The Morgan fingerprint density at radius 2 is 1.44 bits per heavy atom. The summed E-state index contributed by atoms with van der Waals surface area (Å²) in [6.07, 6.45) is 19.8. The van der Waals surface area contributed by atoms with Crippen molar-refractivity contribution in [1.29, 1.82) is 0 Å². The zero-order valence-electron chi connectivity index (χ0n) is 12.0. The van der Waals surface area contributed by atoms with Crippen LogP contribution in [0, 0.1) is 0 Å². The van der Waals surface area contributed by atoms with Gasteiger partial charge in [0, 0.05) is 6.07 Å². The first kappa shape index (κ1) is 15.1. The summed E-state index contributed by atoms with van der Waals surface area (Å²) in [5.74, 6) is 0. The van der Waals surface area contributed by atoms with Crippen molar-refractivity contribution in [1.82, 2.24) is 4.98 Å². The lowest BCUT2D eigenvalue weighted by Gasteiger charge is -2.01. The third-order valence-electron chi connectivity index (χ3n) is 3.43.